The summed E-state index contributed by atoms with van der Waals surface area (Å²) < 4.78 is 10.7. The summed E-state index contributed by atoms with van der Waals surface area (Å²) in [6, 6.07) is 8.12. The number of nitrogens with two attached hydrogens (primary N) is 1. The fourth-order valence-corrected chi connectivity index (χ4v) is 2.82. The third-order valence-corrected chi connectivity index (χ3v) is 4.56. The van der Waals surface area contributed by atoms with E-state index in [2.05, 4.69) is 41.2 Å². The van der Waals surface area contributed by atoms with Gasteiger partial charge in [0.05, 0.1) is 26.9 Å². The zero-order valence-electron chi connectivity index (χ0n) is 15.8. The average Bonchev–Trinajstić information content (AvgIpc) is 2.64. The van der Waals surface area contributed by atoms with Crippen LogP contribution in [-0.2, 0) is 10.2 Å². The number of methoxy groups -OCH3 is 1. The predicted octanol–water partition coefficient (Wildman–Crippen LogP) is 1.60. The molecule has 1 fully saturated rings. The number of ether oxygens (including phenoxy) is 2. The van der Waals surface area contributed by atoms with Crippen LogP contribution in [0.1, 0.15) is 25.8 Å². The molecule has 3 N–H and O–H groups in total. The minimum Gasteiger partial charge on any atom is -0.497 e. The van der Waals surface area contributed by atoms with E-state index in [4.69, 9.17) is 15.2 Å². The van der Waals surface area contributed by atoms with Gasteiger partial charge in [-0.25, -0.2) is 0 Å². The summed E-state index contributed by atoms with van der Waals surface area (Å²) in [4.78, 5) is 6.94. The van der Waals surface area contributed by atoms with Gasteiger partial charge in [0.1, 0.15) is 5.75 Å². The first-order valence-corrected chi connectivity index (χ1v) is 9.00. The second-order valence-electron chi connectivity index (χ2n) is 7.05. The van der Waals surface area contributed by atoms with Gasteiger partial charge in [0.25, 0.3) is 0 Å². The topological polar surface area (TPSA) is 72.1 Å². The second-order valence-corrected chi connectivity index (χ2v) is 7.05. The van der Waals surface area contributed by atoms with Crippen LogP contribution in [-0.4, -0.2) is 63.9 Å². The van der Waals surface area contributed by atoms with Gasteiger partial charge in [-0.3, -0.25) is 9.89 Å². The Morgan fingerprint density at radius 2 is 2.12 bits per heavy atom. The van der Waals surface area contributed by atoms with E-state index in [0.29, 0.717) is 12.5 Å². The molecule has 0 radical (unpaired) electrons. The molecule has 1 aromatic carbocycles. The summed E-state index contributed by atoms with van der Waals surface area (Å²) in [5, 5.41) is 3.21. The van der Waals surface area contributed by atoms with E-state index in [-0.39, 0.29) is 5.41 Å². The van der Waals surface area contributed by atoms with Crippen LogP contribution in [0.2, 0.25) is 0 Å². The van der Waals surface area contributed by atoms with Crippen molar-refractivity contribution in [3.05, 3.63) is 29.8 Å². The summed E-state index contributed by atoms with van der Waals surface area (Å²) in [6.07, 6.45) is 1.05. The Kier molecular flexibility index (Phi) is 7.52. The molecule has 25 heavy (non-hydrogen) atoms. The maximum absolute atomic E-state index is 6.01. The van der Waals surface area contributed by atoms with Crippen molar-refractivity contribution in [2.75, 3.05) is 53.0 Å². The van der Waals surface area contributed by atoms with Crippen molar-refractivity contribution in [3.63, 3.8) is 0 Å². The van der Waals surface area contributed by atoms with Gasteiger partial charge < -0.3 is 20.5 Å². The van der Waals surface area contributed by atoms with Crippen molar-refractivity contribution in [3.8, 4) is 5.75 Å². The maximum Gasteiger partial charge on any atom is 0.188 e. The van der Waals surface area contributed by atoms with Crippen molar-refractivity contribution in [2.24, 2.45) is 10.7 Å². The van der Waals surface area contributed by atoms with Gasteiger partial charge in [0.15, 0.2) is 5.96 Å². The molecule has 1 aliphatic rings. The molecule has 0 spiro atoms. The molecule has 1 heterocycles. The van der Waals surface area contributed by atoms with E-state index in [1.807, 2.05) is 12.1 Å². The molecule has 1 aliphatic heterocycles. The quantitative estimate of drug-likeness (QED) is 0.424. The zero-order valence-corrected chi connectivity index (χ0v) is 15.8. The first-order chi connectivity index (χ1) is 12.0. The Labute approximate surface area is 151 Å². The van der Waals surface area contributed by atoms with Crippen molar-refractivity contribution >= 4 is 5.96 Å². The normalized spacial score (nSPS) is 16.7. The fourth-order valence-electron chi connectivity index (χ4n) is 2.82. The maximum atomic E-state index is 6.01. The van der Waals surface area contributed by atoms with Crippen LogP contribution in [0.15, 0.2) is 29.3 Å². The molecule has 0 unspecified atom stereocenters. The van der Waals surface area contributed by atoms with Gasteiger partial charge in [0, 0.05) is 25.0 Å². The molecule has 0 aromatic heterocycles. The molecule has 0 amide bonds. The first-order valence-electron chi connectivity index (χ1n) is 9.00. The summed E-state index contributed by atoms with van der Waals surface area (Å²) in [7, 11) is 1.68. The molecule has 0 aliphatic carbocycles. The molecule has 0 bridgehead atoms. The molecule has 1 saturated heterocycles. The van der Waals surface area contributed by atoms with Crippen LogP contribution in [0.3, 0.4) is 0 Å². The highest BCUT2D eigenvalue weighted by molar-refractivity contribution is 5.77. The molecule has 6 nitrogen and oxygen atoms in total. The Hall–Kier alpha value is -1.79. The van der Waals surface area contributed by atoms with Crippen molar-refractivity contribution in [2.45, 2.75) is 25.7 Å². The van der Waals surface area contributed by atoms with Gasteiger partial charge in [-0.2, -0.15) is 0 Å². The predicted molar refractivity (Wildman–Crippen MR) is 102 cm³/mol. The summed E-state index contributed by atoms with van der Waals surface area (Å²) >= 11 is 0. The molecule has 0 atom stereocenters. The van der Waals surface area contributed by atoms with Gasteiger partial charge in [-0.15, -0.1) is 0 Å². The molecule has 0 saturated carbocycles. The number of guanidine groups is 1. The number of nitrogens with zero attached hydrogens (tertiary/aromatic N) is 2. The van der Waals surface area contributed by atoms with E-state index >= 15 is 0 Å². The fraction of sp³-hybridized carbons (Fsp3) is 0.632. The third-order valence-electron chi connectivity index (χ3n) is 4.56. The van der Waals surface area contributed by atoms with Gasteiger partial charge >= 0.3 is 0 Å². The standard InChI is InChI=1S/C19H32N4O2/c1-19(2,16-6-4-7-17(14-16)24-3)15-22-18(20)21-8-5-9-23-10-12-25-13-11-23/h4,6-7,14H,5,8-13,15H2,1-3H3,(H3,20,21,22). The highest BCUT2D eigenvalue weighted by Gasteiger charge is 2.20. The molecule has 1 aromatic rings. The summed E-state index contributed by atoms with van der Waals surface area (Å²) in [5.74, 6) is 1.38. The Balaban J connectivity index is 1.74. The zero-order chi connectivity index (χ0) is 18.1. The lowest BCUT2D eigenvalue weighted by Crippen LogP contribution is -2.39. The van der Waals surface area contributed by atoms with Crippen LogP contribution in [0.5, 0.6) is 5.75 Å². The van der Waals surface area contributed by atoms with Crippen molar-refractivity contribution in [1.82, 2.24) is 10.2 Å². The SMILES string of the molecule is COc1cccc(C(C)(C)CN=C(N)NCCCN2CCOCC2)c1. The highest BCUT2D eigenvalue weighted by atomic mass is 16.5. The van der Waals surface area contributed by atoms with Gasteiger partial charge in [0.2, 0.25) is 0 Å². The lowest BCUT2D eigenvalue weighted by Gasteiger charge is -2.26. The Morgan fingerprint density at radius 1 is 1.36 bits per heavy atom. The smallest absolute Gasteiger partial charge is 0.188 e. The van der Waals surface area contributed by atoms with Gasteiger partial charge in [-0.05, 0) is 30.7 Å². The van der Waals surface area contributed by atoms with Crippen LogP contribution >= 0.6 is 0 Å². The molecular formula is C19H32N4O2. The van der Waals surface area contributed by atoms with Crippen LogP contribution in [0.4, 0.5) is 0 Å². The minimum absolute atomic E-state index is 0.103. The number of hydrogen-bond donors (Lipinski definition) is 2. The van der Waals surface area contributed by atoms with E-state index in [9.17, 15) is 0 Å². The van der Waals surface area contributed by atoms with Crippen LogP contribution in [0, 0.1) is 0 Å². The molecular weight excluding hydrogens is 316 g/mol. The summed E-state index contributed by atoms with van der Waals surface area (Å²) in [6.45, 7) is 10.6. The molecule has 140 valence electrons. The highest BCUT2D eigenvalue weighted by Crippen LogP contribution is 2.26. The largest absolute Gasteiger partial charge is 0.497 e. The number of rotatable bonds is 8. The number of aliphatic imine (C=N–C) groups is 1. The minimum atomic E-state index is -0.103. The van der Waals surface area contributed by atoms with E-state index in [1.54, 1.807) is 7.11 Å². The van der Waals surface area contributed by atoms with Crippen LogP contribution in [0.25, 0.3) is 0 Å². The van der Waals surface area contributed by atoms with E-state index in [1.165, 1.54) is 5.56 Å². The molecule has 6 heteroatoms. The Morgan fingerprint density at radius 3 is 2.84 bits per heavy atom. The van der Waals surface area contributed by atoms with Gasteiger partial charge in [-0.1, -0.05) is 26.0 Å². The van der Waals surface area contributed by atoms with E-state index in [0.717, 1.165) is 51.6 Å². The number of nitrogens with one attached hydrogen (secondary N) is 1. The number of benzene rings is 1. The first kappa shape index (κ1) is 19.5. The van der Waals surface area contributed by atoms with E-state index < -0.39 is 0 Å². The Bertz CT molecular complexity index is 554. The van der Waals surface area contributed by atoms with Crippen molar-refractivity contribution in [1.29, 1.82) is 0 Å². The molecule has 2 rings (SSSR count). The monoisotopic (exact) mass is 348 g/mol. The third kappa shape index (κ3) is 6.55. The summed E-state index contributed by atoms with van der Waals surface area (Å²) in [5.41, 5.74) is 7.10. The lowest BCUT2D eigenvalue weighted by molar-refractivity contribution is 0.0376. The van der Waals surface area contributed by atoms with Crippen molar-refractivity contribution < 1.29 is 9.47 Å². The van der Waals surface area contributed by atoms with Crippen LogP contribution < -0.4 is 15.8 Å². The number of hydrogen-bond acceptors (Lipinski definition) is 4. The lowest BCUT2D eigenvalue weighted by atomic mass is 9.85. The average molecular weight is 348 g/mol. The second kappa shape index (κ2) is 9.63. The number of morpholine rings is 1.